The number of carbonyl (C=O) groups is 2. The summed E-state index contributed by atoms with van der Waals surface area (Å²) < 4.78 is 19.7. The third kappa shape index (κ3) is 3.51. The summed E-state index contributed by atoms with van der Waals surface area (Å²) in [4.78, 5) is 22.7. The maximum absolute atomic E-state index is 11.5. The molecule has 104 valence electrons. The van der Waals surface area contributed by atoms with Crippen LogP contribution in [0, 0.1) is 0 Å². The highest BCUT2D eigenvalue weighted by Gasteiger charge is 2.19. The van der Waals surface area contributed by atoms with E-state index in [1.165, 1.54) is 33.5 Å². The molecule has 0 unspecified atom stereocenters. The number of rotatable bonds is 5. The lowest BCUT2D eigenvalue weighted by Gasteiger charge is -2.13. The molecule has 0 bridgehead atoms. The predicted octanol–water partition coefficient (Wildman–Crippen LogP) is 1.63. The molecule has 0 fully saturated rings. The Morgan fingerprint density at radius 1 is 1.11 bits per heavy atom. The van der Waals surface area contributed by atoms with Crippen LogP contribution in [-0.4, -0.2) is 39.1 Å². The minimum absolute atomic E-state index is 0.0351. The molecule has 0 saturated carbocycles. The average molecular weight is 289 g/mol. The molecule has 0 aliphatic heterocycles. The van der Waals surface area contributed by atoms with Crippen LogP contribution in [0.1, 0.15) is 10.4 Å². The van der Waals surface area contributed by atoms with Crippen molar-refractivity contribution in [2.75, 3.05) is 27.2 Å². The lowest BCUT2D eigenvalue weighted by molar-refractivity contribution is -0.131. The van der Waals surface area contributed by atoms with Crippen molar-refractivity contribution in [2.45, 2.75) is 0 Å². The predicted molar refractivity (Wildman–Crippen MR) is 67.2 cm³/mol. The number of benzene rings is 1. The number of hydrogen-bond acceptors (Lipinski definition) is 6. The Bertz CT molecular complexity index is 485. The maximum Gasteiger partial charge on any atom is 0.338 e. The molecular formula is C12H13ClO6. The number of alkyl halides is 1. The molecule has 0 aliphatic carbocycles. The molecule has 0 aliphatic rings. The molecular weight excluding hydrogens is 276 g/mol. The molecule has 0 amide bonds. The maximum atomic E-state index is 11.5. The summed E-state index contributed by atoms with van der Waals surface area (Å²) in [5.41, 5.74) is 0.164. The minimum Gasteiger partial charge on any atom is -0.493 e. The van der Waals surface area contributed by atoms with Crippen LogP contribution in [0.2, 0.25) is 0 Å². The highest BCUT2D eigenvalue weighted by molar-refractivity contribution is 6.26. The number of carbonyl (C=O) groups excluding carboxylic acids is 2. The van der Waals surface area contributed by atoms with E-state index < -0.39 is 11.9 Å². The fourth-order valence-electron chi connectivity index (χ4n) is 1.39. The van der Waals surface area contributed by atoms with Crippen molar-refractivity contribution in [1.82, 2.24) is 0 Å². The molecule has 7 heteroatoms. The average Bonchev–Trinajstić information content (AvgIpc) is 2.45. The first-order valence-electron chi connectivity index (χ1n) is 5.18. The van der Waals surface area contributed by atoms with Gasteiger partial charge >= 0.3 is 11.9 Å². The monoisotopic (exact) mass is 288 g/mol. The summed E-state index contributed by atoms with van der Waals surface area (Å²) in [7, 11) is 4.02. The standard InChI is InChI=1S/C12H13ClO6/c1-16-8-4-7(12(15)18-3)5-9(11(8)17-2)19-10(14)6-13/h4-5H,6H2,1-3H3. The summed E-state index contributed by atoms with van der Waals surface area (Å²) in [6, 6.07) is 2.74. The molecule has 0 atom stereocenters. The molecule has 0 radical (unpaired) electrons. The Balaban J connectivity index is 3.30. The molecule has 0 aromatic heterocycles. The normalized spacial score (nSPS) is 9.68. The molecule has 0 spiro atoms. The van der Waals surface area contributed by atoms with Crippen molar-refractivity contribution >= 4 is 23.5 Å². The van der Waals surface area contributed by atoms with E-state index in [9.17, 15) is 9.59 Å². The summed E-state index contributed by atoms with van der Waals surface area (Å²) in [5, 5.41) is 0. The van der Waals surface area contributed by atoms with E-state index in [0.717, 1.165) is 0 Å². The van der Waals surface area contributed by atoms with Crippen LogP contribution in [-0.2, 0) is 9.53 Å². The van der Waals surface area contributed by atoms with Crippen molar-refractivity contribution in [2.24, 2.45) is 0 Å². The van der Waals surface area contributed by atoms with Gasteiger partial charge in [0.25, 0.3) is 0 Å². The van der Waals surface area contributed by atoms with Gasteiger partial charge in [0, 0.05) is 0 Å². The van der Waals surface area contributed by atoms with Crippen molar-refractivity contribution in [3.8, 4) is 17.2 Å². The summed E-state index contributed by atoms with van der Waals surface area (Å²) in [6.45, 7) is 0. The Hall–Kier alpha value is -1.95. The van der Waals surface area contributed by atoms with E-state index in [2.05, 4.69) is 4.74 Å². The van der Waals surface area contributed by atoms with Crippen LogP contribution >= 0.6 is 11.6 Å². The Morgan fingerprint density at radius 3 is 2.21 bits per heavy atom. The van der Waals surface area contributed by atoms with Crippen molar-refractivity contribution in [1.29, 1.82) is 0 Å². The van der Waals surface area contributed by atoms with Gasteiger partial charge in [-0.05, 0) is 12.1 Å². The zero-order valence-corrected chi connectivity index (χ0v) is 11.4. The first-order chi connectivity index (χ1) is 9.07. The first kappa shape index (κ1) is 15.1. The van der Waals surface area contributed by atoms with Gasteiger partial charge in [0.1, 0.15) is 5.88 Å². The Kier molecular flexibility index (Phi) is 5.44. The van der Waals surface area contributed by atoms with Gasteiger partial charge in [0.2, 0.25) is 5.75 Å². The van der Waals surface area contributed by atoms with E-state index in [-0.39, 0.29) is 28.7 Å². The SMILES string of the molecule is COC(=O)c1cc(OC)c(OC)c(OC(=O)CCl)c1. The zero-order chi connectivity index (χ0) is 14.4. The molecule has 1 aromatic carbocycles. The minimum atomic E-state index is -0.677. The van der Waals surface area contributed by atoms with Crippen LogP contribution in [0.25, 0.3) is 0 Å². The Labute approximate surface area is 115 Å². The lowest BCUT2D eigenvalue weighted by atomic mass is 10.2. The van der Waals surface area contributed by atoms with Gasteiger partial charge in [-0.2, -0.15) is 0 Å². The van der Waals surface area contributed by atoms with Crippen LogP contribution in [0.3, 0.4) is 0 Å². The quantitative estimate of drug-likeness (QED) is 0.466. The summed E-state index contributed by atoms with van der Waals surface area (Å²) >= 11 is 5.36. The van der Waals surface area contributed by atoms with Crippen LogP contribution < -0.4 is 14.2 Å². The third-order valence-electron chi connectivity index (χ3n) is 2.20. The van der Waals surface area contributed by atoms with Crippen LogP contribution in [0.4, 0.5) is 0 Å². The van der Waals surface area contributed by atoms with Crippen LogP contribution in [0.5, 0.6) is 17.2 Å². The second-order valence-electron chi connectivity index (χ2n) is 3.31. The van der Waals surface area contributed by atoms with Crippen molar-refractivity contribution in [3.63, 3.8) is 0 Å². The molecule has 0 N–H and O–H groups in total. The number of esters is 2. The molecule has 6 nitrogen and oxygen atoms in total. The summed E-state index contributed by atoms with van der Waals surface area (Å²) in [6.07, 6.45) is 0. The third-order valence-corrected chi connectivity index (χ3v) is 2.42. The van der Waals surface area contributed by atoms with Gasteiger partial charge < -0.3 is 18.9 Å². The molecule has 1 rings (SSSR count). The molecule has 1 aromatic rings. The molecule has 0 heterocycles. The second kappa shape index (κ2) is 6.84. The fourth-order valence-corrected chi connectivity index (χ4v) is 1.45. The topological polar surface area (TPSA) is 71.1 Å². The van der Waals surface area contributed by atoms with E-state index in [0.29, 0.717) is 0 Å². The van der Waals surface area contributed by atoms with Crippen molar-refractivity contribution in [3.05, 3.63) is 17.7 Å². The summed E-state index contributed by atoms with van der Waals surface area (Å²) in [5.74, 6) is -1.13. The number of halogens is 1. The molecule has 0 saturated heterocycles. The van der Waals surface area contributed by atoms with Gasteiger partial charge in [0.05, 0.1) is 26.9 Å². The Morgan fingerprint density at radius 2 is 1.74 bits per heavy atom. The highest BCUT2D eigenvalue weighted by atomic mass is 35.5. The van der Waals surface area contributed by atoms with Gasteiger partial charge in [-0.15, -0.1) is 11.6 Å². The molecule has 19 heavy (non-hydrogen) atoms. The number of methoxy groups -OCH3 is 3. The second-order valence-corrected chi connectivity index (χ2v) is 3.58. The lowest BCUT2D eigenvalue weighted by Crippen LogP contribution is -2.11. The largest absolute Gasteiger partial charge is 0.493 e. The van der Waals surface area contributed by atoms with Crippen molar-refractivity contribution < 1.29 is 28.5 Å². The van der Waals surface area contributed by atoms with Gasteiger partial charge in [-0.1, -0.05) is 0 Å². The smallest absolute Gasteiger partial charge is 0.338 e. The highest BCUT2D eigenvalue weighted by Crippen LogP contribution is 2.38. The van der Waals surface area contributed by atoms with Crippen LogP contribution in [0.15, 0.2) is 12.1 Å². The number of hydrogen-bond donors (Lipinski definition) is 0. The van der Waals surface area contributed by atoms with E-state index in [1.807, 2.05) is 0 Å². The van der Waals surface area contributed by atoms with E-state index in [4.69, 9.17) is 25.8 Å². The van der Waals surface area contributed by atoms with E-state index >= 15 is 0 Å². The van der Waals surface area contributed by atoms with Gasteiger partial charge in [0.15, 0.2) is 11.5 Å². The zero-order valence-electron chi connectivity index (χ0n) is 10.7. The van der Waals surface area contributed by atoms with Gasteiger partial charge in [-0.3, -0.25) is 4.79 Å². The van der Waals surface area contributed by atoms with Gasteiger partial charge in [-0.25, -0.2) is 4.79 Å². The fraction of sp³-hybridized carbons (Fsp3) is 0.333. The first-order valence-corrected chi connectivity index (χ1v) is 5.71. The van der Waals surface area contributed by atoms with E-state index in [1.54, 1.807) is 0 Å². The number of ether oxygens (including phenoxy) is 4.